The minimum Gasteiger partial charge on any atom is -0.359 e. The zero-order chi connectivity index (χ0) is 21.1. The number of aldehydes is 1. The lowest BCUT2D eigenvalue weighted by atomic mass is 10.1. The number of carbonyl (C=O) groups excluding carboxylic acids is 3. The molecule has 0 radical (unpaired) electrons. The van der Waals surface area contributed by atoms with Gasteiger partial charge < -0.3 is 15.2 Å². The van der Waals surface area contributed by atoms with Crippen LogP contribution in [0.4, 0.5) is 4.39 Å². The molecule has 0 aliphatic rings. The number of ketones is 1. The van der Waals surface area contributed by atoms with E-state index in [1.807, 2.05) is 19.0 Å². The van der Waals surface area contributed by atoms with E-state index in [4.69, 9.17) is 0 Å². The zero-order valence-corrected chi connectivity index (χ0v) is 16.3. The highest BCUT2D eigenvalue weighted by atomic mass is 19.1. The van der Waals surface area contributed by atoms with Gasteiger partial charge in [0.2, 0.25) is 5.78 Å². The van der Waals surface area contributed by atoms with E-state index in [0.717, 1.165) is 19.2 Å². The number of aryl methyl sites for hydroxylation is 1. The van der Waals surface area contributed by atoms with Gasteiger partial charge in [-0.1, -0.05) is 0 Å². The van der Waals surface area contributed by atoms with Gasteiger partial charge in [0.05, 0.1) is 22.7 Å². The molecule has 3 rings (SSSR count). The molecule has 0 spiro atoms. The maximum Gasteiger partial charge on any atom is 0.269 e. The highest BCUT2D eigenvalue weighted by Gasteiger charge is 2.22. The predicted octanol–water partition coefficient (Wildman–Crippen LogP) is 1.17. The maximum absolute atomic E-state index is 14.3. The van der Waals surface area contributed by atoms with E-state index in [9.17, 15) is 18.8 Å². The average Bonchev–Trinajstić information content (AvgIpc) is 3.29. The van der Waals surface area contributed by atoms with Gasteiger partial charge in [0.1, 0.15) is 17.1 Å². The quantitative estimate of drug-likeness (QED) is 0.254. The molecule has 3 aromatic rings. The molecule has 0 aromatic carbocycles. The number of fused-ring (bicyclic) bond motifs is 1. The van der Waals surface area contributed by atoms with Crippen LogP contribution >= 0.6 is 0 Å². The molecule has 0 atom stereocenters. The molecule has 2 N–H and O–H groups in total. The lowest BCUT2D eigenvalue weighted by Crippen LogP contribution is -2.28. The number of amides is 1. The number of carbonyl (C=O) groups is 3. The Morgan fingerprint density at radius 2 is 2.14 bits per heavy atom. The van der Waals surface area contributed by atoms with E-state index in [1.54, 1.807) is 13.1 Å². The minimum absolute atomic E-state index is 0.0348. The molecule has 0 aliphatic carbocycles. The van der Waals surface area contributed by atoms with Gasteiger partial charge in [0.15, 0.2) is 12.1 Å². The fourth-order valence-corrected chi connectivity index (χ4v) is 3.04. The highest BCUT2D eigenvalue weighted by Crippen LogP contribution is 2.29. The normalized spacial score (nSPS) is 11.2. The van der Waals surface area contributed by atoms with Gasteiger partial charge >= 0.3 is 0 Å². The number of rotatable bonds is 8. The van der Waals surface area contributed by atoms with Crippen molar-refractivity contribution in [2.75, 3.05) is 27.2 Å². The summed E-state index contributed by atoms with van der Waals surface area (Å²) in [6.45, 7) is 1.37. The third kappa shape index (κ3) is 4.06. The Kier molecular flexibility index (Phi) is 5.83. The molecule has 0 saturated heterocycles. The number of Topliss-reactive ketones (excluding diaryl/α,β-unsaturated/α-hetero) is 1. The second-order valence-electron chi connectivity index (χ2n) is 6.84. The van der Waals surface area contributed by atoms with Gasteiger partial charge in [-0.25, -0.2) is 9.37 Å². The van der Waals surface area contributed by atoms with E-state index in [2.05, 4.69) is 20.4 Å². The molecule has 3 aromatic heterocycles. The zero-order valence-electron chi connectivity index (χ0n) is 16.3. The van der Waals surface area contributed by atoms with Crippen molar-refractivity contribution in [1.82, 2.24) is 30.0 Å². The standard InChI is InChI=1S/C19H21FN6O3/c1-25(2)6-4-5-21-19(29)14-7-13(24-26(14)3)17-18-16(12(20)9-23-17)11(8-22-18)15(28)10-27/h7-10,22H,4-6H2,1-3H3,(H,21,29). The number of halogens is 1. The Morgan fingerprint density at radius 3 is 2.83 bits per heavy atom. The molecule has 9 nitrogen and oxygen atoms in total. The fourth-order valence-electron chi connectivity index (χ4n) is 3.04. The number of nitrogens with zero attached hydrogens (tertiary/aromatic N) is 4. The number of pyridine rings is 1. The van der Waals surface area contributed by atoms with Crippen molar-refractivity contribution in [2.45, 2.75) is 6.42 Å². The topological polar surface area (TPSA) is 113 Å². The summed E-state index contributed by atoms with van der Waals surface area (Å²) in [5.74, 6) is -1.86. The number of hydrogen-bond acceptors (Lipinski definition) is 6. The monoisotopic (exact) mass is 400 g/mol. The van der Waals surface area contributed by atoms with Crippen LogP contribution in [0.1, 0.15) is 27.3 Å². The van der Waals surface area contributed by atoms with Crippen LogP contribution in [0, 0.1) is 5.82 Å². The van der Waals surface area contributed by atoms with Crippen LogP contribution in [-0.4, -0.2) is 69.8 Å². The van der Waals surface area contributed by atoms with Gasteiger partial charge in [-0.2, -0.15) is 5.10 Å². The Balaban J connectivity index is 1.91. The van der Waals surface area contributed by atoms with E-state index < -0.39 is 11.6 Å². The summed E-state index contributed by atoms with van der Waals surface area (Å²) in [4.78, 5) is 43.9. The molecule has 0 bridgehead atoms. The number of aromatic amines is 1. The third-order valence-electron chi connectivity index (χ3n) is 4.46. The van der Waals surface area contributed by atoms with Crippen LogP contribution < -0.4 is 5.32 Å². The number of aromatic nitrogens is 4. The fraction of sp³-hybridized carbons (Fsp3) is 0.316. The van der Waals surface area contributed by atoms with E-state index in [0.29, 0.717) is 17.9 Å². The first kappa shape index (κ1) is 20.3. The molecule has 152 valence electrons. The van der Waals surface area contributed by atoms with Crippen LogP contribution in [0.15, 0.2) is 18.5 Å². The van der Waals surface area contributed by atoms with Crippen LogP contribution in [0.3, 0.4) is 0 Å². The summed E-state index contributed by atoms with van der Waals surface area (Å²) >= 11 is 0. The van der Waals surface area contributed by atoms with Gasteiger partial charge in [-0.15, -0.1) is 0 Å². The summed E-state index contributed by atoms with van der Waals surface area (Å²) in [6.07, 6.45) is 3.15. The summed E-state index contributed by atoms with van der Waals surface area (Å²) in [6, 6.07) is 1.54. The lowest BCUT2D eigenvalue weighted by Gasteiger charge is -2.09. The highest BCUT2D eigenvalue weighted by molar-refractivity contribution is 6.36. The molecular formula is C19H21FN6O3. The largest absolute Gasteiger partial charge is 0.359 e. The van der Waals surface area contributed by atoms with Crippen molar-refractivity contribution < 1.29 is 18.8 Å². The van der Waals surface area contributed by atoms with Crippen molar-refractivity contribution >= 4 is 28.9 Å². The van der Waals surface area contributed by atoms with Crippen molar-refractivity contribution in [3.63, 3.8) is 0 Å². The summed E-state index contributed by atoms with van der Waals surface area (Å²) < 4.78 is 15.7. The number of H-pyrrole nitrogens is 1. The minimum atomic E-state index is -0.842. The Morgan fingerprint density at radius 1 is 1.38 bits per heavy atom. The number of nitrogens with one attached hydrogen (secondary N) is 2. The smallest absolute Gasteiger partial charge is 0.269 e. The van der Waals surface area contributed by atoms with E-state index >= 15 is 0 Å². The SMILES string of the molecule is CN(C)CCCNC(=O)c1cc(-c2ncc(F)c3c(C(=O)C=O)c[nH]c23)nn1C. The van der Waals surface area contributed by atoms with Crippen LogP contribution in [0.25, 0.3) is 22.3 Å². The molecule has 0 saturated carbocycles. The first-order valence-corrected chi connectivity index (χ1v) is 8.96. The third-order valence-corrected chi connectivity index (χ3v) is 4.46. The lowest BCUT2D eigenvalue weighted by molar-refractivity contribution is -0.104. The molecule has 29 heavy (non-hydrogen) atoms. The Bertz CT molecular complexity index is 1090. The molecule has 0 unspecified atom stereocenters. The molecule has 1 amide bonds. The Hall–Kier alpha value is -3.40. The van der Waals surface area contributed by atoms with E-state index in [1.165, 1.54) is 10.9 Å². The van der Waals surface area contributed by atoms with Gasteiger partial charge in [0, 0.05) is 19.8 Å². The summed E-state index contributed by atoms with van der Waals surface area (Å²) in [5, 5.41) is 7.10. The first-order chi connectivity index (χ1) is 13.8. The van der Waals surface area contributed by atoms with Crippen LogP contribution in [-0.2, 0) is 11.8 Å². The molecule has 3 heterocycles. The van der Waals surface area contributed by atoms with Gasteiger partial charge in [0.25, 0.3) is 5.91 Å². The molecule has 0 aliphatic heterocycles. The second kappa shape index (κ2) is 8.31. The second-order valence-corrected chi connectivity index (χ2v) is 6.84. The average molecular weight is 400 g/mol. The van der Waals surface area contributed by atoms with Crippen molar-refractivity contribution in [2.24, 2.45) is 7.05 Å². The molecular weight excluding hydrogens is 379 g/mol. The Labute approximate surface area is 165 Å². The van der Waals surface area contributed by atoms with Gasteiger partial charge in [-0.3, -0.25) is 19.1 Å². The first-order valence-electron chi connectivity index (χ1n) is 8.96. The van der Waals surface area contributed by atoms with Gasteiger partial charge in [-0.05, 0) is 33.1 Å². The van der Waals surface area contributed by atoms with Crippen molar-refractivity contribution in [3.8, 4) is 11.4 Å². The predicted molar refractivity (Wildman–Crippen MR) is 104 cm³/mol. The molecule has 10 heteroatoms. The molecule has 0 fully saturated rings. The van der Waals surface area contributed by atoms with Crippen molar-refractivity contribution in [1.29, 1.82) is 0 Å². The van der Waals surface area contributed by atoms with Crippen LogP contribution in [0.5, 0.6) is 0 Å². The summed E-state index contributed by atoms with van der Waals surface area (Å²) in [7, 11) is 5.54. The van der Waals surface area contributed by atoms with Crippen molar-refractivity contribution in [3.05, 3.63) is 35.5 Å². The van der Waals surface area contributed by atoms with E-state index in [-0.39, 0.29) is 34.4 Å². The summed E-state index contributed by atoms with van der Waals surface area (Å²) in [5.41, 5.74) is 1.08. The maximum atomic E-state index is 14.3. The number of hydrogen-bond donors (Lipinski definition) is 2. The van der Waals surface area contributed by atoms with Crippen LogP contribution in [0.2, 0.25) is 0 Å².